The summed E-state index contributed by atoms with van der Waals surface area (Å²) in [6.45, 7) is 2.78. The van der Waals surface area contributed by atoms with Crippen molar-refractivity contribution in [2.75, 3.05) is 13.1 Å². The molecule has 5 nitrogen and oxygen atoms in total. The third-order valence-corrected chi connectivity index (χ3v) is 3.14. The Balaban J connectivity index is 1.98. The van der Waals surface area contributed by atoms with E-state index in [9.17, 15) is 4.79 Å². The third-order valence-electron chi connectivity index (χ3n) is 3.14. The van der Waals surface area contributed by atoms with Crippen LogP contribution in [0.2, 0.25) is 0 Å². The molecule has 0 amide bonds. The molecule has 1 atom stereocenters. The van der Waals surface area contributed by atoms with E-state index in [0.717, 1.165) is 37.4 Å². The van der Waals surface area contributed by atoms with Gasteiger partial charge in [0.1, 0.15) is 6.04 Å². The Kier molecular flexibility index (Phi) is 4.65. The van der Waals surface area contributed by atoms with E-state index in [1.165, 1.54) is 0 Å². The Labute approximate surface area is 112 Å². The van der Waals surface area contributed by atoms with Gasteiger partial charge >= 0.3 is 5.97 Å². The van der Waals surface area contributed by atoms with Crippen molar-refractivity contribution in [3.05, 3.63) is 41.7 Å². The molecule has 0 saturated carbocycles. The van der Waals surface area contributed by atoms with Gasteiger partial charge < -0.3 is 10.8 Å². The summed E-state index contributed by atoms with van der Waals surface area (Å²) >= 11 is 0. The molecule has 3 N–H and O–H groups in total. The van der Waals surface area contributed by atoms with Gasteiger partial charge in [0.15, 0.2) is 0 Å². The van der Waals surface area contributed by atoms with Crippen molar-refractivity contribution in [3.63, 3.8) is 0 Å². The van der Waals surface area contributed by atoms with E-state index in [1.807, 2.05) is 18.2 Å². The Bertz CT molecular complexity index is 474. The molecule has 5 heteroatoms. The van der Waals surface area contributed by atoms with Crippen LogP contribution in [-0.4, -0.2) is 40.1 Å². The molecule has 0 fully saturated rings. The molecule has 102 valence electrons. The van der Waals surface area contributed by atoms with Crippen LogP contribution in [0.4, 0.5) is 0 Å². The number of nitrogens with two attached hydrogens (primary N) is 1. The van der Waals surface area contributed by atoms with Crippen molar-refractivity contribution in [3.8, 4) is 0 Å². The van der Waals surface area contributed by atoms with Gasteiger partial charge in [-0.15, -0.1) is 0 Å². The first-order valence-electron chi connectivity index (χ1n) is 6.45. The van der Waals surface area contributed by atoms with Crippen molar-refractivity contribution >= 4 is 5.97 Å². The van der Waals surface area contributed by atoms with Crippen molar-refractivity contribution in [1.82, 2.24) is 9.88 Å². The van der Waals surface area contributed by atoms with Gasteiger partial charge in [-0.25, -0.2) is 0 Å². The number of rotatable bonds is 5. The molecule has 0 bridgehead atoms. The number of aromatic nitrogens is 1. The second-order valence-corrected chi connectivity index (χ2v) is 4.76. The van der Waals surface area contributed by atoms with Gasteiger partial charge in [-0.05, 0) is 18.6 Å². The second kappa shape index (κ2) is 6.45. The summed E-state index contributed by atoms with van der Waals surface area (Å²) in [6, 6.07) is 4.81. The van der Waals surface area contributed by atoms with Gasteiger partial charge in [0.05, 0.1) is 5.69 Å². The van der Waals surface area contributed by atoms with Crippen LogP contribution >= 0.6 is 0 Å². The topological polar surface area (TPSA) is 79.5 Å². The molecule has 1 aromatic rings. The van der Waals surface area contributed by atoms with Crippen LogP contribution in [0.1, 0.15) is 17.8 Å². The lowest BCUT2D eigenvalue weighted by molar-refractivity contribution is -0.138. The summed E-state index contributed by atoms with van der Waals surface area (Å²) in [7, 11) is 0. The molecule has 1 aromatic heterocycles. The maximum absolute atomic E-state index is 10.7. The van der Waals surface area contributed by atoms with Gasteiger partial charge in [-0.2, -0.15) is 0 Å². The molecular formula is C14H19N3O2. The Morgan fingerprint density at radius 1 is 1.42 bits per heavy atom. The number of carboxylic acids is 1. The molecular weight excluding hydrogens is 242 g/mol. The first kappa shape index (κ1) is 13.7. The minimum Gasteiger partial charge on any atom is -0.480 e. The quantitative estimate of drug-likeness (QED) is 0.766. The van der Waals surface area contributed by atoms with Crippen molar-refractivity contribution in [1.29, 1.82) is 0 Å². The first-order valence-corrected chi connectivity index (χ1v) is 6.45. The Morgan fingerprint density at radius 3 is 2.89 bits per heavy atom. The second-order valence-electron chi connectivity index (χ2n) is 4.76. The minimum atomic E-state index is -0.992. The van der Waals surface area contributed by atoms with Crippen LogP contribution in [0.25, 0.3) is 0 Å². The van der Waals surface area contributed by atoms with E-state index in [0.29, 0.717) is 0 Å². The highest BCUT2D eigenvalue weighted by Gasteiger charge is 2.14. The first-order chi connectivity index (χ1) is 9.15. The number of carbonyl (C=O) groups is 1. The summed E-state index contributed by atoms with van der Waals surface area (Å²) in [5.74, 6) is -0.992. The van der Waals surface area contributed by atoms with Crippen LogP contribution in [-0.2, 0) is 17.8 Å². The Hall–Kier alpha value is -1.72. The van der Waals surface area contributed by atoms with Gasteiger partial charge in [-0.1, -0.05) is 18.2 Å². The van der Waals surface area contributed by atoms with E-state index in [-0.39, 0.29) is 6.42 Å². The summed E-state index contributed by atoms with van der Waals surface area (Å²) in [5.41, 5.74) is 7.22. The fraction of sp³-hybridized carbons (Fsp3) is 0.429. The fourth-order valence-electron chi connectivity index (χ4n) is 2.11. The SMILES string of the molecule is NC(Cc1cccc(CN2CC=CCC2)n1)C(=O)O. The molecule has 1 aliphatic heterocycles. The monoisotopic (exact) mass is 261 g/mol. The number of hydrogen-bond donors (Lipinski definition) is 2. The molecule has 0 aliphatic carbocycles. The zero-order valence-electron chi connectivity index (χ0n) is 10.8. The molecule has 2 heterocycles. The molecule has 0 radical (unpaired) electrons. The smallest absolute Gasteiger partial charge is 0.320 e. The molecule has 1 aliphatic rings. The zero-order valence-corrected chi connectivity index (χ0v) is 10.8. The van der Waals surface area contributed by atoms with E-state index in [2.05, 4.69) is 22.0 Å². The van der Waals surface area contributed by atoms with E-state index in [4.69, 9.17) is 10.8 Å². The highest BCUT2D eigenvalue weighted by atomic mass is 16.4. The van der Waals surface area contributed by atoms with Crippen LogP contribution in [0.5, 0.6) is 0 Å². The van der Waals surface area contributed by atoms with E-state index in [1.54, 1.807) is 0 Å². The Morgan fingerprint density at radius 2 is 2.21 bits per heavy atom. The lowest BCUT2D eigenvalue weighted by Gasteiger charge is -2.22. The number of carboxylic acid groups (broad SMARTS) is 1. The van der Waals surface area contributed by atoms with E-state index < -0.39 is 12.0 Å². The largest absolute Gasteiger partial charge is 0.480 e. The number of hydrogen-bond acceptors (Lipinski definition) is 4. The van der Waals surface area contributed by atoms with Gasteiger partial charge in [0.25, 0.3) is 0 Å². The molecule has 2 rings (SSSR count). The maximum Gasteiger partial charge on any atom is 0.320 e. The standard InChI is InChI=1S/C14H19N3O2/c15-13(14(18)19)9-11-5-4-6-12(16-11)10-17-7-2-1-3-8-17/h1-2,4-6,13H,3,7-10,15H2,(H,18,19). The lowest BCUT2D eigenvalue weighted by Crippen LogP contribution is -2.32. The number of nitrogens with zero attached hydrogens (tertiary/aromatic N) is 2. The number of aliphatic carboxylic acids is 1. The van der Waals surface area contributed by atoms with Gasteiger partial charge in [-0.3, -0.25) is 14.7 Å². The van der Waals surface area contributed by atoms with Gasteiger partial charge in [0, 0.05) is 31.7 Å². The zero-order chi connectivity index (χ0) is 13.7. The van der Waals surface area contributed by atoms with Gasteiger partial charge in [0.2, 0.25) is 0 Å². The predicted octanol–water partition coefficient (Wildman–Crippen LogP) is 0.798. The fourth-order valence-corrected chi connectivity index (χ4v) is 2.11. The molecule has 19 heavy (non-hydrogen) atoms. The molecule has 0 spiro atoms. The number of pyridine rings is 1. The lowest BCUT2D eigenvalue weighted by atomic mass is 10.1. The summed E-state index contributed by atoms with van der Waals surface area (Å²) < 4.78 is 0. The molecule has 1 unspecified atom stereocenters. The van der Waals surface area contributed by atoms with Crippen LogP contribution in [0.15, 0.2) is 30.4 Å². The van der Waals surface area contributed by atoms with Crippen molar-refractivity contribution in [2.24, 2.45) is 5.73 Å². The van der Waals surface area contributed by atoms with Crippen LogP contribution in [0.3, 0.4) is 0 Å². The average Bonchev–Trinajstić information content (AvgIpc) is 2.40. The maximum atomic E-state index is 10.7. The highest BCUT2D eigenvalue weighted by Crippen LogP contribution is 2.08. The molecule has 0 saturated heterocycles. The van der Waals surface area contributed by atoms with Crippen molar-refractivity contribution < 1.29 is 9.90 Å². The van der Waals surface area contributed by atoms with Crippen LogP contribution in [0, 0.1) is 0 Å². The summed E-state index contributed by atoms with van der Waals surface area (Å²) in [5, 5.41) is 8.81. The predicted molar refractivity (Wildman–Crippen MR) is 72.6 cm³/mol. The van der Waals surface area contributed by atoms with Crippen molar-refractivity contribution in [2.45, 2.75) is 25.4 Å². The summed E-state index contributed by atoms with van der Waals surface area (Å²) in [4.78, 5) is 17.5. The third kappa shape index (κ3) is 4.15. The highest BCUT2D eigenvalue weighted by molar-refractivity contribution is 5.73. The minimum absolute atomic E-state index is 0.267. The average molecular weight is 261 g/mol. The van der Waals surface area contributed by atoms with E-state index >= 15 is 0 Å². The van der Waals surface area contributed by atoms with Crippen LogP contribution < -0.4 is 5.73 Å². The normalized spacial score (nSPS) is 17.3. The summed E-state index contributed by atoms with van der Waals surface area (Å²) in [6.07, 6.45) is 5.69. The molecule has 0 aromatic carbocycles.